The van der Waals surface area contributed by atoms with Gasteiger partial charge in [-0.2, -0.15) is 0 Å². The molecule has 2 N–H and O–H groups in total. The van der Waals surface area contributed by atoms with Crippen molar-refractivity contribution in [2.75, 3.05) is 12.8 Å². The van der Waals surface area contributed by atoms with Crippen molar-refractivity contribution < 1.29 is 4.74 Å². The number of ether oxygens (including phenoxy) is 1. The summed E-state index contributed by atoms with van der Waals surface area (Å²) in [5.41, 5.74) is 7.49. The highest BCUT2D eigenvalue weighted by atomic mass is 79.9. The van der Waals surface area contributed by atoms with Crippen molar-refractivity contribution in [1.29, 1.82) is 0 Å². The van der Waals surface area contributed by atoms with Gasteiger partial charge in [0.05, 0.1) is 12.1 Å². The molecule has 2 aromatic rings. The highest BCUT2D eigenvalue weighted by Crippen LogP contribution is 2.41. The Kier molecular flexibility index (Phi) is 3.54. The molecule has 0 bridgehead atoms. The zero-order valence-corrected chi connectivity index (χ0v) is 11.4. The molecular weight excluding hydrogens is 304 g/mol. The third-order valence-corrected chi connectivity index (χ3v) is 3.33. The van der Waals surface area contributed by atoms with Crippen molar-refractivity contribution in [3.8, 4) is 16.9 Å². The number of halogens is 2. The van der Waals surface area contributed by atoms with Gasteiger partial charge < -0.3 is 10.5 Å². The third kappa shape index (κ3) is 2.23. The second-order valence-electron chi connectivity index (χ2n) is 3.37. The topological polar surface area (TPSA) is 48.1 Å². The molecule has 0 radical (unpaired) electrons. The largest absolute Gasteiger partial charge is 0.495 e. The van der Waals surface area contributed by atoms with Crippen LogP contribution in [0.15, 0.2) is 34.9 Å². The highest BCUT2D eigenvalue weighted by molar-refractivity contribution is 9.10. The summed E-state index contributed by atoms with van der Waals surface area (Å²) in [5, 5.41) is 0.542. The number of nitrogens with two attached hydrogens (primary N) is 1. The summed E-state index contributed by atoms with van der Waals surface area (Å²) in [6.45, 7) is 0. The van der Waals surface area contributed by atoms with E-state index >= 15 is 0 Å². The molecule has 0 amide bonds. The first-order chi connectivity index (χ1) is 8.15. The van der Waals surface area contributed by atoms with Crippen LogP contribution in [0.25, 0.3) is 11.1 Å². The second kappa shape index (κ2) is 4.94. The Labute approximate surface area is 113 Å². The van der Waals surface area contributed by atoms with Gasteiger partial charge in [0.2, 0.25) is 0 Å². The number of hydrogen-bond acceptors (Lipinski definition) is 3. The number of pyridine rings is 1. The Bertz CT molecular complexity index is 540. The molecule has 5 heteroatoms. The van der Waals surface area contributed by atoms with E-state index in [1.165, 1.54) is 0 Å². The molecule has 0 saturated heterocycles. The maximum absolute atomic E-state index is 6.08. The molecule has 0 aliphatic carbocycles. The van der Waals surface area contributed by atoms with Gasteiger partial charge in [-0.3, -0.25) is 0 Å². The molecule has 0 atom stereocenters. The van der Waals surface area contributed by atoms with Crippen LogP contribution in [0, 0.1) is 0 Å². The summed E-state index contributed by atoms with van der Waals surface area (Å²) >= 11 is 9.54. The standard InChI is InChI=1S/C12H10BrClN2O/c1-17-11-7(3-2-4-9(11)14)10-8(13)5-6-16-12(10)15/h2-6H,1H3,(H2,15,16). The predicted octanol–water partition coefficient (Wildman–Crippen LogP) is 3.76. The molecule has 0 fully saturated rings. The quantitative estimate of drug-likeness (QED) is 0.918. The van der Waals surface area contributed by atoms with Gasteiger partial charge >= 0.3 is 0 Å². The van der Waals surface area contributed by atoms with Gasteiger partial charge in [-0.25, -0.2) is 4.98 Å². The Morgan fingerprint density at radius 3 is 2.76 bits per heavy atom. The molecule has 1 aromatic carbocycles. The van der Waals surface area contributed by atoms with Gasteiger partial charge in [0.1, 0.15) is 11.6 Å². The number of nitrogen functional groups attached to an aromatic ring is 1. The average Bonchev–Trinajstić information content (AvgIpc) is 2.29. The normalized spacial score (nSPS) is 10.3. The zero-order valence-electron chi connectivity index (χ0n) is 9.08. The third-order valence-electron chi connectivity index (χ3n) is 2.37. The lowest BCUT2D eigenvalue weighted by Gasteiger charge is -2.12. The van der Waals surface area contributed by atoms with E-state index in [9.17, 15) is 0 Å². The number of rotatable bonds is 2. The van der Waals surface area contributed by atoms with Crippen molar-refractivity contribution in [2.24, 2.45) is 0 Å². The number of nitrogens with zero attached hydrogens (tertiary/aromatic N) is 1. The molecule has 0 spiro atoms. The lowest BCUT2D eigenvalue weighted by Crippen LogP contribution is -1.97. The monoisotopic (exact) mass is 312 g/mol. The molecule has 88 valence electrons. The van der Waals surface area contributed by atoms with Crippen molar-refractivity contribution in [3.05, 3.63) is 40.0 Å². The van der Waals surface area contributed by atoms with E-state index in [2.05, 4.69) is 20.9 Å². The molecule has 2 rings (SSSR count). The molecule has 1 aromatic heterocycles. The van der Waals surface area contributed by atoms with Crippen LogP contribution in [0.3, 0.4) is 0 Å². The van der Waals surface area contributed by atoms with Crippen LogP contribution in [-0.4, -0.2) is 12.1 Å². The van der Waals surface area contributed by atoms with Crippen molar-refractivity contribution in [3.63, 3.8) is 0 Å². The van der Waals surface area contributed by atoms with Crippen LogP contribution in [-0.2, 0) is 0 Å². The first-order valence-corrected chi connectivity index (χ1v) is 6.05. The van der Waals surface area contributed by atoms with Crippen LogP contribution >= 0.6 is 27.5 Å². The van der Waals surface area contributed by atoms with Gasteiger partial charge in [-0.05, 0) is 28.1 Å². The molecule has 0 aliphatic heterocycles. The Balaban J connectivity index is 2.73. The maximum atomic E-state index is 6.08. The molecular formula is C12H10BrClN2O. The molecule has 1 heterocycles. The van der Waals surface area contributed by atoms with Crippen molar-refractivity contribution in [1.82, 2.24) is 4.98 Å². The Morgan fingerprint density at radius 2 is 2.12 bits per heavy atom. The smallest absolute Gasteiger partial charge is 0.145 e. The van der Waals surface area contributed by atoms with E-state index in [1.807, 2.05) is 18.2 Å². The maximum Gasteiger partial charge on any atom is 0.145 e. The summed E-state index contributed by atoms with van der Waals surface area (Å²) in [7, 11) is 1.57. The summed E-state index contributed by atoms with van der Waals surface area (Å²) < 4.78 is 6.16. The minimum atomic E-state index is 0.431. The van der Waals surface area contributed by atoms with Crippen LogP contribution < -0.4 is 10.5 Å². The van der Waals surface area contributed by atoms with Gasteiger partial charge in [-0.1, -0.05) is 23.7 Å². The molecule has 17 heavy (non-hydrogen) atoms. The van der Waals surface area contributed by atoms with Crippen LogP contribution in [0.4, 0.5) is 5.82 Å². The Morgan fingerprint density at radius 1 is 1.35 bits per heavy atom. The van der Waals surface area contributed by atoms with Gasteiger partial charge in [0.15, 0.2) is 0 Å². The number of aromatic nitrogens is 1. The molecule has 0 aliphatic rings. The van der Waals surface area contributed by atoms with E-state index in [0.29, 0.717) is 16.6 Å². The van der Waals surface area contributed by atoms with Gasteiger partial charge in [0.25, 0.3) is 0 Å². The highest BCUT2D eigenvalue weighted by Gasteiger charge is 2.15. The number of benzene rings is 1. The van der Waals surface area contributed by atoms with E-state index in [1.54, 1.807) is 19.4 Å². The fraction of sp³-hybridized carbons (Fsp3) is 0.0833. The number of anilines is 1. The average molecular weight is 314 g/mol. The molecule has 0 unspecified atom stereocenters. The molecule has 3 nitrogen and oxygen atoms in total. The lowest BCUT2D eigenvalue weighted by molar-refractivity contribution is 0.416. The van der Waals surface area contributed by atoms with Gasteiger partial charge in [-0.15, -0.1) is 0 Å². The van der Waals surface area contributed by atoms with E-state index < -0.39 is 0 Å². The Hall–Kier alpha value is -1.26. The van der Waals surface area contributed by atoms with Crippen LogP contribution in [0.5, 0.6) is 5.75 Å². The van der Waals surface area contributed by atoms with E-state index in [0.717, 1.165) is 15.6 Å². The number of para-hydroxylation sites is 1. The summed E-state index contributed by atoms with van der Waals surface area (Å²) in [4.78, 5) is 4.07. The zero-order chi connectivity index (χ0) is 12.4. The van der Waals surface area contributed by atoms with Crippen LogP contribution in [0.2, 0.25) is 5.02 Å². The van der Waals surface area contributed by atoms with E-state index in [-0.39, 0.29) is 0 Å². The summed E-state index contributed by atoms with van der Waals surface area (Å²) in [6.07, 6.45) is 1.64. The predicted molar refractivity (Wildman–Crippen MR) is 73.3 cm³/mol. The van der Waals surface area contributed by atoms with Crippen molar-refractivity contribution >= 4 is 33.3 Å². The lowest BCUT2D eigenvalue weighted by atomic mass is 10.1. The minimum Gasteiger partial charge on any atom is -0.495 e. The fourth-order valence-corrected chi connectivity index (χ4v) is 2.42. The summed E-state index contributed by atoms with van der Waals surface area (Å²) in [6, 6.07) is 7.33. The van der Waals surface area contributed by atoms with Crippen molar-refractivity contribution in [2.45, 2.75) is 0 Å². The second-order valence-corrected chi connectivity index (χ2v) is 4.64. The molecule has 0 saturated carbocycles. The first kappa shape index (κ1) is 12.2. The first-order valence-electron chi connectivity index (χ1n) is 4.88. The van der Waals surface area contributed by atoms with E-state index in [4.69, 9.17) is 22.1 Å². The minimum absolute atomic E-state index is 0.431. The number of hydrogen-bond donors (Lipinski definition) is 1. The fourth-order valence-electron chi connectivity index (χ4n) is 1.63. The number of methoxy groups -OCH3 is 1. The van der Waals surface area contributed by atoms with Crippen LogP contribution in [0.1, 0.15) is 0 Å². The van der Waals surface area contributed by atoms with Gasteiger partial charge in [0, 0.05) is 21.8 Å². The SMILES string of the molecule is COc1c(Cl)cccc1-c1c(Br)ccnc1N. The summed E-state index contributed by atoms with van der Waals surface area (Å²) in [5.74, 6) is 1.02.